The summed E-state index contributed by atoms with van der Waals surface area (Å²) >= 11 is 0. The molecule has 3 aliphatic rings. The minimum absolute atomic E-state index is 0.105. The Kier molecular flexibility index (Phi) is 7.45. The van der Waals surface area contributed by atoms with Crippen molar-refractivity contribution in [3.05, 3.63) is 65.9 Å². The third-order valence-electron chi connectivity index (χ3n) is 8.35. The van der Waals surface area contributed by atoms with Crippen molar-refractivity contribution in [1.29, 1.82) is 0 Å². The number of nitrogens with one attached hydrogen (secondary N) is 1. The summed E-state index contributed by atoms with van der Waals surface area (Å²) in [4.78, 5) is 30.0. The molecule has 0 spiro atoms. The van der Waals surface area contributed by atoms with Crippen LogP contribution in [0.2, 0.25) is 0 Å². The average molecular weight is 522 g/mol. The molecule has 2 fully saturated rings. The van der Waals surface area contributed by atoms with Crippen LogP contribution in [0.5, 0.6) is 0 Å². The van der Waals surface area contributed by atoms with Gasteiger partial charge in [-0.15, -0.1) is 5.10 Å². The molecule has 1 aromatic carbocycles. The molecule has 5 rings (SSSR count). The third kappa shape index (κ3) is 5.28. The van der Waals surface area contributed by atoms with Crippen LogP contribution in [-0.4, -0.2) is 82.8 Å². The predicted molar refractivity (Wildman–Crippen MR) is 142 cm³/mol. The summed E-state index contributed by atoms with van der Waals surface area (Å²) in [6.07, 6.45) is 10.6. The lowest BCUT2D eigenvalue weighted by Gasteiger charge is -2.43. The van der Waals surface area contributed by atoms with Crippen LogP contribution in [0.25, 0.3) is 5.70 Å². The highest BCUT2D eigenvalue weighted by molar-refractivity contribution is 5.89. The first-order chi connectivity index (χ1) is 18.3. The van der Waals surface area contributed by atoms with Gasteiger partial charge >= 0.3 is 0 Å². The van der Waals surface area contributed by atoms with Gasteiger partial charge in [0.1, 0.15) is 12.1 Å². The lowest BCUT2D eigenvalue weighted by Crippen LogP contribution is -2.57. The number of nitrogens with zero attached hydrogens (tertiary/aromatic N) is 5. The number of allylic oxidation sites excluding steroid dienone is 2. The summed E-state index contributed by atoms with van der Waals surface area (Å²) in [6, 6.07) is 7.23. The molecule has 0 radical (unpaired) electrons. The van der Waals surface area contributed by atoms with Crippen LogP contribution in [-0.2, 0) is 9.59 Å². The lowest BCUT2D eigenvalue weighted by atomic mass is 9.68. The Morgan fingerprint density at radius 2 is 2.08 bits per heavy atom. The maximum Gasteiger partial charge on any atom is 0.228 e. The molecule has 3 N–H and O–H groups in total. The molecular formula is C28H36FN7O2. The Balaban J connectivity index is 1.33. The third-order valence-corrected chi connectivity index (χ3v) is 8.35. The van der Waals surface area contributed by atoms with Crippen molar-refractivity contribution in [2.75, 3.05) is 33.7 Å². The molecule has 1 saturated heterocycles. The van der Waals surface area contributed by atoms with E-state index in [1.54, 1.807) is 29.2 Å². The number of aldehydes is 1. The molecule has 0 bridgehead atoms. The smallest absolute Gasteiger partial charge is 0.228 e. The average Bonchev–Trinajstić information content (AvgIpc) is 3.40. The number of amides is 1. The minimum atomic E-state index is -1.13. The van der Waals surface area contributed by atoms with E-state index in [-0.39, 0.29) is 17.8 Å². The van der Waals surface area contributed by atoms with Gasteiger partial charge in [-0.25, -0.2) is 9.07 Å². The van der Waals surface area contributed by atoms with Crippen LogP contribution < -0.4 is 11.1 Å². The molecule has 202 valence electrons. The van der Waals surface area contributed by atoms with Crippen molar-refractivity contribution in [2.45, 2.75) is 43.7 Å². The SMILES string of the molecule is CN(C)C1CN(CCC[C@H](C=O)C2(C(N)=O)C=C(N[C@@H]3C[C@H]3c3ccc(F)cc3)C(n3ccnn3)=CC2)C1. The van der Waals surface area contributed by atoms with Crippen molar-refractivity contribution in [1.82, 2.24) is 30.1 Å². The fourth-order valence-electron chi connectivity index (χ4n) is 5.71. The quantitative estimate of drug-likeness (QED) is 0.411. The number of benzene rings is 1. The van der Waals surface area contributed by atoms with Gasteiger partial charge in [0.05, 0.1) is 29.2 Å². The number of likely N-dealkylation sites (N-methyl/N-ethyl adjacent to an activating group) is 1. The standard InChI is InChI=1S/C28H36FN7O2/c1-34(2)22-16-35(17-22)12-3-4-20(18-37)28(27(30)38)10-9-26(36-13-11-31-33-36)25(15-28)32-24-14-23(24)19-5-7-21(29)8-6-19/h5-9,11,13,15,18,20,22-24,32H,3-4,10,12,14,16-17H2,1-2H3,(H2,30,38)/t20-,23+,24-,28?/m1/s1. The monoisotopic (exact) mass is 521 g/mol. The van der Waals surface area contributed by atoms with E-state index in [0.717, 1.165) is 50.0 Å². The summed E-state index contributed by atoms with van der Waals surface area (Å²) in [7, 11) is 4.18. The first-order valence-corrected chi connectivity index (χ1v) is 13.3. The number of halogens is 1. The van der Waals surface area contributed by atoms with Gasteiger partial charge in [0, 0.05) is 37.0 Å². The van der Waals surface area contributed by atoms with Gasteiger partial charge < -0.3 is 25.6 Å². The maximum absolute atomic E-state index is 13.4. The number of primary amides is 1. The van der Waals surface area contributed by atoms with Crippen molar-refractivity contribution in [3.63, 3.8) is 0 Å². The number of hydrogen-bond acceptors (Lipinski definition) is 7. The largest absolute Gasteiger partial charge is 0.380 e. The van der Waals surface area contributed by atoms with E-state index in [1.165, 1.54) is 12.1 Å². The highest BCUT2D eigenvalue weighted by Crippen LogP contribution is 2.45. The van der Waals surface area contributed by atoms with Crippen LogP contribution in [0, 0.1) is 17.2 Å². The summed E-state index contributed by atoms with van der Waals surface area (Å²) in [5, 5.41) is 11.6. The van der Waals surface area contributed by atoms with Gasteiger partial charge in [0.15, 0.2) is 0 Å². The fourth-order valence-corrected chi connectivity index (χ4v) is 5.71. The number of carbonyl (C=O) groups is 2. The van der Waals surface area contributed by atoms with E-state index in [4.69, 9.17) is 5.73 Å². The van der Waals surface area contributed by atoms with E-state index in [0.29, 0.717) is 24.6 Å². The lowest BCUT2D eigenvalue weighted by molar-refractivity contribution is -0.131. The van der Waals surface area contributed by atoms with E-state index in [9.17, 15) is 14.0 Å². The van der Waals surface area contributed by atoms with Crippen LogP contribution in [0.15, 0.2) is 54.5 Å². The van der Waals surface area contributed by atoms with E-state index in [1.807, 2.05) is 12.2 Å². The zero-order valence-electron chi connectivity index (χ0n) is 22.0. The van der Waals surface area contributed by atoms with Gasteiger partial charge in [-0.3, -0.25) is 4.79 Å². The van der Waals surface area contributed by atoms with Crippen molar-refractivity contribution >= 4 is 17.9 Å². The van der Waals surface area contributed by atoms with Crippen molar-refractivity contribution in [3.8, 4) is 0 Å². The molecule has 1 aliphatic heterocycles. The molecule has 9 nitrogen and oxygen atoms in total. The number of likely N-dealkylation sites (tertiary alicyclic amines) is 1. The highest BCUT2D eigenvalue weighted by atomic mass is 19.1. The predicted octanol–water partition coefficient (Wildman–Crippen LogP) is 2.00. The number of carbonyl (C=O) groups excluding carboxylic acids is 2. The first-order valence-electron chi connectivity index (χ1n) is 13.3. The number of nitrogens with two attached hydrogens (primary N) is 1. The molecule has 38 heavy (non-hydrogen) atoms. The van der Waals surface area contributed by atoms with Crippen LogP contribution >= 0.6 is 0 Å². The number of rotatable bonds is 12. The molecule has 1 saturated carbocycles. The Morgan fingerprint density at radius 3 is 2.71 bits per heavy atom. The fraction of sp³-hybridized carbons (Fsp3) is 0.500. The van der Waals surface area contributed by atoms with Crippen molar-refractivity contribution in [2.24, 2.45) is 17.1 Å². The summed E-state index contributed by atoms with van der Waals surface area (Å²) < 4.78 is 15.1. The zero-order valence-corrected chi connectivity index (χ0v) is 22.0. The van der Waals surface area contributed by atoms with Gasteiger partial charge in [-0.2, -0.15) is 0 Å². The molecule has 4 atom stereocenters. The van der Waals surface area contributed by atoms with Gasteiger partial charge in [0.25, 0.3) is 0 Å². The molecule has 1 aromatic heterocycles. The first kappa shape index (κ1) is 26.2. The number of aromatic nitrogens is 3. The molecule has 2 aliphatic carbocycles. The van der Waals surface area contributed by atoms with Gasteiger partial charge in [-0.1, -0.05) is 23.4 Å². The zero-order chi connectivity index (χ0) is 26.9. The molecule has 1 amide bonds. The summed E-state index contributed by atoms with van der Waals surface area (Å²) in [6.45, 7) is 2.93. The summed E-state index contributed by atoms with van der Waals surface area (Å²) in [5.74, 6) is -1.08. The second kappa shape index (κ2) is 10.8. The van der Waals surface area contributed by atoms with Crippen LogP contribution in [0.3, 0.4) is 0 Å². The Labute approximate surface area is 222 Å². The maximum atomic E-state index is 13.4. The van der Waals surface area contributed by atoms with Crippen molar-refractivity contribution < 1.29 is 14.0 Å². The molecule has 2 aromatic rings. The molecule has 2 heterocycles. The van der Waals surface area contributed by atoms with Crippen LogP contribution in [0.4, 0.5) is 4.39 Å². The van der Waals surface area contributed by atoms with Gasteiger partial charge in [0.2, 0.25) is 5.91 Å². The highest BCUT2D eigenvalue weighted by Gasteiger charge is 2.46. The molecule has 1 unspecified atom stereocenters. The normalized spacial score (nSPS) is 26.3. The van der Waals surface area contributed by atoms with E-state index < -0.39 is 17.2 Å². The molecule has 10 heteroatoms. The second-order valence-electron chi connectivity index (χ2n) is 11.0. The van der Waals surface area contributed by atoms with E-state index >= 15 is 0 Å². The minimum Gasteiger partial charge on any atom is -0.380 e. The van der Waals surface area contributed by atoms with E-state index in [2.05, 4.69) is 39.5 Å². The molecular weight excluding hydrogens is 485 g/mol. The summed E-state index contributed by atoms with van der Waals surface area (Å²) in [5.41, 5.74) is 7.42. The Hall–Kier alpha value is -3.37. The number of hydrogen-bond donors (Lipinski definition) is 2. The Bertz CT molecular complexity index is 1200. The van der Waals surface area contributed by atoms with Crippen LogP contribution in [0.1, 0.15) is 37.2 Å². The van der Waals surface area contributed by atoms with Gasteiger partial charge in [-0.05, 0) is 70.1 Å². The Morgan fingerprint density at radius 1 is 1.32 bits per heavy atom. The topological polar surface area (TPSA) is 109 Å². The second-order valence-corrected chi connectivity index (χ2v) is 11.0.